The van der Waals surface area contributed by atoms with Gasteiger partial charge in [-0.3, -0.25) is 4.68 Å². The quantitative estimate of drug-likeness (QED) is 0.810. The molecule has 3 rings (SSSR count). The Kier molecular flexibility index (Phi) is 2.81. The van der Waals surface area contributed by atoms with E-state index in [1.54, 1.807) is 0 Å². The minimum atomic E-state index is 0.566. The second kappa shape index (κ2) is 4.49. The van der Waals surface area contributed by atoms with Crippen molar-refractivity contribution in [1.82, 2.24) is 25.0 Å². The van der Waals surface area contributed by atoms with Crippen molar-refractivity contribution < 1.29 is 0 Å². The van der Waals surface area contributed by atoms with Crippen LogP contribution in [0.2, 0.25) is 0 Å². The summed E-state index contributed by atoms with van der Waals surface area (Å²) in [6.07, 6.45) is 0.990. The molecule has 1 aliphatic rings. The molecule has 0 aliphatic carbocycles. The lowest BCUT2D eigenvalue weighted by Crippen LogP contribution is -2.25. The highest BCUT2D eigenvalue weighted by molar-refractivity contribution is 5.35. The van der Waals surface area contributed by atoms with Gasteiger partial charge in [0.2, 0.25) is 5.95 Å². The SMILES string of the molecule is Cc1nnc(N2CCCn3nc(N)cc3C2)nc1C. The zero-order chi connectivity index (χ0) is 13.4. The van der Waals surface area contributed by atoms with Crippen LogP contribution in [0.5, 0.6) is 0 Å². The molecule has 0 atom stereocenters. The molecule has 2 N–H and O–H groups in total. The average molecular weight is 259 g/mol. The molecule has 1 aliphatic heterocycles. The molecule has 7 heteroatoms. The third-order valence-corrected chi connectivity index (χ3v) is 3.40. The molecule has 0 fully saturated rings. The lowest BCUT2D eigenvalue weighted by Gasteiger charge is -2.19. The van der Waals surface area contributed by atoms with Crippen molar-refractivity contribution in [3.05, 3.63) is 23.1 Å². The zero-order valence-corrected chi connectivity index (χ0v) is 11.2. The highest BCUT2D eigenvalue weighted by Gasteiger charge is 2.18. The van der Waals surface area contributed by atoms with Crippen molar-refractivity contribution in [3.63, 3.8) is 0 Å². The zero-order valence-electron chi connectivity index (χ0n) is 11.2. The van der Waals surface area contributed by atoms with Crippen molar-refractivity contribution in [3.8, 4) is 0 Å². The van der Waals surface area contributed by atoms with Gasteiger partial charge in [0.25, 0.3) is 0 Å². The summed E-state index contributed by atoms with van der Waals surface area (Å²) in [5.74, 6) is 1.24. The molecule has 0 unspecified atom stereocenters. The number of fused-ring (bicyclic) bond motifs is 1. The van der Waals surface area contributed by atoms with Crippen LogP contribution >= 0.6 is 0 Å². The number of nitrogen functional groups attached to an aromatic ring is 1. The van der Waals surface area contributed by atoms with Crippen LogP contribution in [0.4, 0.5) is 11.8 Å². The van der Waals surface area contributed by atoms with E-state index in [1.165, 1.54) is 0 Å². The molecule has 0 saturated heterocycles. The van der Waals surface area contributed by atoms with Crippen LogP contribution < -0.4 is 10.6 Å². The molecule has 0 amide bonds. The number of rotatable bonds is 1. The van der Waals surface area contributed by atoms with Gasteiger partial charge in [0.15, 0.2) is 0 Å². The number of nitrogens with zero attached hydrogens (tertiary/aromatic N) is 6. The highest BCUT2D eigenvalue weighted by atomic mass is 15.4. The van der Waals surface area contributed by atoms with Gasteiger partial charge in [-0.1, -0.05) is 0 Å². The van der Waals surface area contributed by atoms with Gasteiger partial charge in [-0.05, 0) is 20.3 Å². The topological polar surface area (TPSA) is 85.8 Å². The molecule has 2 aromatic rings. The van der Waals surface area contributed by atoms with E-state index >= 15 is 0 Å². The van der Waals surface area contributed by atoms with Crippen LogP contribution in [-0.2, 0) is 13.1 Å². The molecular formula is C12H17N7. The molecule has 0 radical (unpaired) electrons. The summed E-state index contributed by atoms with van der Waals surface area (Å²) in [5.41, 5.74) is 8.62. The minimum absolute atomic E-state index is 0.566. The summed E-state index contributed by atoms with van der Waals surface area (Å²) in [4.78, 5) is 6.63. The van der Waals surface area contributed by atoms with E-state index in [0.717, 1.165) is 36.6 Å². The maximum absolute atomic E-state index is 5.74. The highest BCUT2D eigenvalue weighted by Crippen LogP contribution is 2.18. The number of aryl methyl sites for hydroxylation is 3. The summed E-state index contributed by atoms with van der Waals surface area (Å²) in [7, 11) is 0. The third-order valence-electron chi connectivity index (χ3n) is 3.40. The van der Waals surface area contributed by atoms with Crippen LogP contribution in [-0.4, -0.2) is 31.5 Å². The smallest absolute Gasteiger partial charge is 0.245 e. The predicted molar refractivity (Wildman–Crippen MR) is 71.6 cm³/mol. The second-order valence-electron chi connectivity index (χ2n) is 4.84. The fourth-order valence-corrected chi connectivity index (χ4v) is 2.23. The maximum Gasteiger partial charge on any atom is 0.245 e. The monoisotopic (exact) mass is 259 g/mol. The first kappa shape index (κ1) is 11.9. The lowest BCUT2D eigenvalue weighted by molar-refractivity contribution is 0.593. The van der Waals surface area contributed by atoms with Crippen LogP contribution in [0.25, 0.3) is 0 Å². The van der Waals surface area contributed by atoms with Crippen LogP contribution in [0.3, 0.4) is 0 Å². The number of anilines is 2. The van der Waals surface area contributed by atoms with Gasteiger partial charge in [0.1, 0.15) is 5.82 Å². The van der Waals surface area contributed by atoms with Gasteiger partial charge < -0.3 is 10.6 Å². The van der Waals surface area contributed by atoms with Crippen molar-refractivity contribution in [1.29, 1.82) is 0 Å². The summed E-state index contributed by atoms with van der Waals surface area (Å²) >= 11 is 0. The fraction of sp³-hybridized carbons (Fsp3) is 0.500. The summed E-state index contributed by atoms with van der Waals surface area (Å²) < 4.78 is 1.96. The molecule has 0 spiro atoms. The van der Waals surface area contributed by atoms with Crippen LogP contribution in [0.15, 0.2) is 6.07 Å². The molecular weight excluding hydrogens is 242 g/mol. The molecule has 0 aromatic carbocycles. The number of hydrogen-bond acceptors (Lipinski definition) is 6. The Hall–Kier alpha value is -2.18. The van der Waals surface area contributed by atoms with E-state index in [-0.39, 0.29) is 0 Å². The first-order valence-electron chi connectivity index (χ1n) is 6.38. The van der Waals surface area contributed by atoms with E-state index in [1.807, 2.05) is 24.6 Å². The van der Waals surface area contributed by atoms with Crippen LogP contribution in [0, 0.1) is 13.8 Å². The Morgan fingerprint density at radius 1 is 1.16 bits per heavy atom. The summed E-state index contributed by atoms with van der Waals surface area (Å²) in [5, 5.41) is 12.6. The van der Waals surface area contributed by atoms with E-state index in [0.29, 0.717) is 18.3 Å². The number of aromatic nitrogens is 5. The molecule has 100 valence electrons. The van der Waals surface area contributed by atoms with Crippen molar-refractivity contribution in [2.45, 2.75) is 33.4 Å². The summed E-state index contributed by atoms with van der Waals surface area (Å²) in [6.45, 7) is 6.36. The van der Waals surface area contributed by atoms with Crippen molar-refractivity contribution >= 4 is 11.8 Å². The normalized spacial score (nSPS) is 15.2. The van der Waals surface area contributed by atoms with Gasteiger partial charge in [-0.25, -0.2) is 4.98 Å². The Morgan fingerprint density at radius 2 is 2.00 bits per heavy atom. The van der Waals surface area contributed by atoms with E-state index < -0.39 is 0 Å². The maximum atomic E-state index is 5.74. The molecule has 7 nitrogen and oxygen atoms in total. The third kappa shape index (κ3) is 2.23. The Labute approximate surface area is 111 Å². The van der Waals surface area contributed by atoms with Gasteiger partial charge in [0, 0.05) is 19.2 Å². The van der Waals surface area contributed by atoms with Crippen molar-refractivity contribution in [2.24, 2.45) is 0 Å². The molecule has 0 bridgehead atoms. The molecule has 0 saturated carbocycles. The van der Waals surface area contributed by atoms with Crippen LogP contribution in [0.1, 0.15) is 23.5 Å². The second-order valence-corrected chi connectivity index (χ2v) is 4.84. The number of hydrogen-bond donors (Lipinski definition) is 1. The Morgan fingerprint density at radius 3 is 2.79 bits per heavy atom. The standard InChI is InChI=1S/C12H17N7/c1-8-9(2)15-16-12(14-8)18-4-3-5-19-10(7-18)6-11(13)17-19/h6H,3-5,7H2,1-2H3,(H2,13,17). The molecule has 2 aromatic heterocycles. The Balaban J connectivity index is 1.91. The minimum Gasteiger partial charge on any atom is -0.382 e. The largest absolute Gasteiger partial charge is 0.382 e. The lowest BCUT2D eigenvalue weighted by atomic mass is 10.3. The first-order valence-corrected chi connectivity index (χ1v) is 6.38. The van der Waals surface area contributed by atoms with Gasteiger partial charge in [0.05, 0.1) is 23.6 Å². The van der Waals surface area contributed by atoms with Gasteiger partial charge in [-0.2, -0.15) is 10.2 Å². The van der Waals surface area contributed by atoms with Gasteiger partial charge >= 0.3 is 0 Å². The fourth-order valence-electron chi connectivity index (χ4n) is 2.23. The average Bonchev–Trinajstić information content (AvgIpc) is 2.60. The number of nitrogens with two attached hydrogens (primary N) is 1. The van der Waals surface area contributed by atoms with Crippen molar-refractivity contribution in [2.75, 3.05) is 17.2 Å². The Bertz CT molecular complexity index is 604. The van der Waals surface area contributed by atoms with E-state index in [4.69, 9.17) is 5.73 Å². The molecule has 3 heterocycles. The van der Waals surface area contributed by atoms with E-state index in [2.05, 4.69) is 25.2 Å². The van der Waals surface area contributed by atoms with Gasteiger partial charge in [-0.15, -0.1) is 5.10 Å². The molecule has 19 heavy (non-hydrogen) atoms. The summed E-state index contributed by atoms with van der Waals surface area (Å²) in [6, 6.07) is 1.91. The van der Waals surface area contributed by atoms with E-state index in [9.17, 15) is 0 Å². The first-order chi connectivity index (χ1) is 9.13. The predicted octanol–water partition coefficient (Wildman–Crippen LogP) is 0.677.